The number of ether oxygens (including phenoxy) is 1. The first-order valence-electron chi connectivity index (χ1n) is 8.24. The summed E-state index contributed by atoms with van der Waals surface area (Å²) < 4.78 is 7.06. The van der Waals surface area contributed by atoms with Crippen molar-refractivity contribution < 1.29 is 9.53 Å². The van der Waals surface area contributed by atoms with Gasteiger partial charge < -0.3 is 15.4 Å². The van der Waals surface area contributed by atoms with Crippen molar-refractivity contribution in [2.45, 2.75) is 44.8 Å². The maximum atomic E-state index is 12.4. The van der Waals surface area contributed by atoms with Crippen molar-refractivity contribution in [3.8, 4) is 5.75 Å². The van der Waals surface area contributed by atoms with Crippen LogP contribution in [0.25, 0.3) is 0 Å². The molecule has 1 saturated carbocycles. The lowest BCUT2D eigenvalue weighted by atomic mass is 9.72. The molecule has 1 heterocycles. The van der Waals surface area contributed by atoms with Crippen LogP contribution in [0.15, 0.2) is 30.6 Å². The Morgan fingerprint density at radius 1 is 1.42 bits per heavy atom. The molecule has 1 aromatic carbocycles. The first kappa shape index (κ1) is 16.3. The summed E-state index contributed by atoms with van der Waals surface area (Å²) in [4.78, 5) is 16.5. The number of nitrogens with zero attached hydrogens (tertiary/aromatic N) is 3. The van der Waals surface area contributed by atoms with Crippen LogP contribution in [0.5, 0.6) is 5.75 Å². The van der Waals surface area contributed by atoms with Gasteiger partial charge in [0.25, 0.3) is 0 Å². The summed E-state index contributed by atoms with van der Waals surface area (Å²) >= 11 is 0. The summed E-state index contributed by atoms with van der Waals surface area (Å²) in [5.41, 5.74) is 0.775. The van der Waals surface area contributed by atoms with E-state index in [-0.39, 0.29) is 11.6 Å². The van der Waals surface area contributed by atoms with E-state index in [4.69, 9.17) is 4.74 Å². The predicted octanol–water partition coefficient (Wildman–Crippen LogP) is 2.19. The van der Waals surface area contributed by atoms with Gasteiger partial charge in [-0.2, -0.15) is 5.10 Å². The molecule has 2 N–H and O–H groups in total. The van der Waals surface area contributed by atoms with E-state index in [1.807, 2.05) is 31.2 Å². The van der Waals surface area contributed by atoms with E-state index >= 15 is 0 Å². The van der Waals surface area contributed by atoms with E-state index in [2.05, 4.69) is 20.7 Å². The summed E-state index contributed by atoms with van der Waals surface area (Å²) in [6, 6.07) is 7.71. The maximum Gasteiger partial charge on any atom is 0.315 e. The van der Waals surface area contributed by atoms with Crippen LogP contribution in [-0.2, 0) is 18.6 Å². The molecule has 3 rings (SSSR count). The molecule has 0 saturated heterocycles. The lowest BCUT2D eigenvalue weighted by Crippen LogP contribution is -2.53. The molecule has 0 bridgehead atoms. The minimum Gasteiger partial charge on any atom is -0.497 e. The molecule has 7 nitrogen and oxygen atoms in total. The van der Waals surface area contributed by atoms with Crippen molar-refractivity contribution >= 4 is 6.03 Å². The lowest BCUT2D eigenvalue weighted by molar-refractivity contribution is 0.176. The molecule has 0 radical (unpaired) electrons. The van der Waals surface area contributed by atoms with Crippen LogP contribution in [0, 0.1) is 0 Å². The highest BCUT2D eigenvalue weighted by molar-refractivity contribution is 5.75. The Morgan fingerprint density at radius 3 is 2.92 bits per heavy atom. The fourth-order valence-electron chi connectivity index (χ4n) is 3.05. The molecule has 128 valence electrons. The van der Waals surface area contributed by atoms with E-state index in [0.717, 1.165) is 42.9 Å². The van der Waals surface area contributed by atoms with Crippen molar-refractivity contribution in [1.29, 1.82) is 0 Å². The van der Waals surface area contributed by atoms with Gasteiger partial charge >= 0.3 is 6.03 Å². The molecule has 0 unspecified atom stereocenters. The number of benzene rings is 1. The zero-order chi connectivity index (χ0) is 17.0. The summed E-state index contributed by atoms with van der Waals surface area (Å²) in [7, 11) is 1.65. The average Bonchev–Trinajstić information content (AvgIpc) is 3.04. The van der Waals surface area contributed by atoms with Gasteiger partial charge in [-0.05, 0) is 43.9 Å². The van der Waals surface area contributed by atoms with Gasteiger partial charge in [-0.15, -0.1) is 0 Å². The van der Waals surface area contributed by atoms with Gasteiger partial charge in [-0.1, -0.05) is 12.1 Å². The summed E-state index contributed by atoms with van der Waals surface area (Å²) in [5.74, 6) is 1.55. The molecule has 7 heteroatoms. The minimum atomic E-state index is -0.308. The first-order chi connectivity index (χ1) is 11.7. The summed E-state index contributed by atoms with van der Waals surface area (Å²) in [6.07, 6.45) is 4.46. The second-order valence-corrected chi connectivity index (χ2v) is 5.97. The number of aryl methyl sites for hydroxylation is 1. The van der Waals surface area contributed by atoms with Gasteiger partial charge in [-0.3, -0.25) is 0 Å². The predicted molar refractivity (Wildman–Crippen MR) is 89.6 cm³/mol. The van der Waals surface area contributed by atoms with Crippen molar-refractivity contribution in [1.82, 2.24) is 25.4 Å². The monoisotopic (exact) mass is 329 g/mol. The molecule has 0 atom stereocenters. The number of hydrogen-bond acceptors (Lipinski definition) is 4. The van der Waals surface area contributed by atoms with Gasteiger partial charge in [0.1, 0.15) is 17.9 Å². The topological polar surface area (TPSA) is 81.1 Å². The molecular weight excluding hydrogens is 306 g/mol. The van der Waals surface area contributed by atoms with Gasteiger partial charge in [0.2, 0.25) is 0 Å². The number of aromatic nitrogens is 3. The Hall–Kier alpha value is -2.57. The van der Waals surface area contributed by atoms with Crippen LogP contribution in [0.4, 0.5) is 4.79 Å². The number of carbonyl (C=O) groups excluding carboxylic acids is 1. The number of carbonyl (C=O) groups is 1. The van der Waals surface area contributed by atoms with Crippen LogP contribution < -0.4 is 15.4 Å². The van der Waals surface area contributed by atoms with E-state index in [0.29, 0.717) is 6.54 Å². The molecule has 1 fully saturated rings. The highest BCUT2D eigenvalue weighted by atomic mass is 16.5. The Balaban J connectivity index is 1.65. The quantitative estimate of drug-likeness (QED) is 0.851. The molecule has 1 aliphatic carbocycles. The van der Waals surface area contributed by atoms with Crippen LogP contribution >= 0.6 is 0 Å². The Bertz CT molecular complexity index is 709. The maximum absolute atomic E-state index is 12.4. The van der Waals surface area contributed by atoms with Crippen LogP contribution in [-0.4, -0.2) is 27.9 Å². The van der Waals surface area contributed by atoms with Crippen LogP contribution in [0.3, 0.4) is 0 Å². The number of urea groups is 1. The average molecular weight is 329 g/mol. The second kappa shape index (κ2) is 6.90. The third kappa shape index (κ3) is 3.20. The second-order valence-electron chi connectivity index (χ2n) is 5.97. The van der Waals surface area contributed by atoms with Gasteiger partial charge in [-0.25, -0.2) is 14.5 Å². The number of rotatable bonds is 6. The minimum absolute atomic E-state index is 0.192. The van der Waals surface area contributed by atoms with Gasteiger partial charge in [0, 0.05) is 6.54 Å². The summed E-state index contributed by atoms with van der Waals surface area (Å²) in [5, 5.41) is 10.1. The normalized spacial score (nSPS) is 15.4. The largest absolute Gasteiger partial charge is 0.497 e. The third-order valence-electron chi connectivity index (χ3n) is 4.58. The van der Waals surface area contributed by atoms with Gasteiger partial charge in [0.15, 0.2) is 0 Å². The number of hydrogen-bond donors (Lipinski definition) is 2. The molecule has 0 aliphatic heterocycles. The third-order valence-corrected chi connectivity index (χ3v) is 4.58. The highest BCUT2D eigenvalue weighted by Crippen LogP contribution is 2.42. The summed E-state index contributed by atoms with van der Waals surface area (Å²) in [6.45, 7) is 3.07. The molecule has 24 heavy (non-hydrogen) atoms. The zero-order valence-electron chi connectivity index (χ0n) is 14.1. The SMILES string of the molecule is CCn1ncnc1CNC(=O)NC1(c2cccc(OC)c2)CCC1. The Morgan fingerprint density at radius 2 is 2.25 bits per heavy atom. The lowest BCUT2D eigenvalue weighted by Gasteiger charge is -2.43. The fourth-order valence-corrected chi connectivity index (χ4v) is 3.05. The van der Waals surface area contributed by atoms with E-state index in [9.17, 15) is 4.79 Å². The Labute approximate surface area is 141 Å². The van der Waals surface area contributed by atoms with Crippen molar-refractivity contribution in [2.24, 2.45) is 0 Å². The Kier molecular flexibility index (Phi) is 4.69. The molecule has 2 aromatic rings. The molecule has 1 aliphatic rings. The van der Waals surface area contributed by atoms with Crippen molar-refractivity contribution in [2.75, 3.05) is 7.11 Å². The van der Waals surface area contributed by atoms with Crippen molar-refractivity contribution in [3.63, 3.8) is 0 Å². The molecule has 1 aromatic heterocycles. The van der Waals surface area contributed by atoms with Gasteiger partial charge in [0.05, 0.1) is 19.2 Å². The molecule has 0 spiro atoms. The van der Waals surface area contributed by atoms with E-state index in [1.54, 1.807) is 11.8 Å². The van der Waals surface area contributed by atoms with Crippen molar-refractivity contribution in [3.05, 3.63) is 42.0 Å². The van der Waals surface area contributed by atoms with Crippen LogP contribution in [0.1, 0.15) is 37.6 Å². The standard InChI is InChI=1S/C17H23N5O2/c1-3-22-15(19-12-20-22)11-18-16(23)21-17(8-5-9-17)13-6-4-7-14(10-13)24-2/h4,6-7,10,12H,3,5,8-9,11H2,1-2H3,(H2,18,21,23). The molecule has 2 amide bonds. The highest BCUT2D eigenvalue weighted by Gasteiger charge is 2.40. The number of amides is 2. The number of methoxy groups -OCH3 is 1. The smallest absolute Gasteiger partial charge is 0.315 e. The van der Waals surface area contributed by atoms with Crippen LogP contribution in [0.2, 0.25) is 0 Å². The molecular formula is C17H23N5O2. The van der Waals surface area contributed by atoms with E-state index < -0.39 is 0 Å². The number of nitrogens with one attached hydrogen (secondary N) is 2. The van der Waals surface area contributed by atoms with E-state index in [1.165, 1.54) is 6.33 Å². The first-order valence-corrected chi connectivity index (χ1v) is 8.24. The fraction of sp³-hybridized carbons (Fsp3) is 0.471. The zero-order valence-corrected chi connectivity index (χ0v) is 14.1.